The standard InChI is InChI=1S/C16H24N2O5S/c1-3-4-9-24(20,21)17-10-15-11-18(16(19)12-23-15)13-5-7-14(22-2)8-6-13/h5-8,15,17H,3-4,9-12H2,1-2H3. The van der Waals surface area contributed by atoms with E-state index in [1.807, 2.05) is 6.92 Å². The number of ether oxygens (including phenoxy) is 2. The largest absolute Gasteiger partial charge is 0.497 e. The molecule has 0 aliphatic carbocycles. The molecule has 0 saturated carbocycles. The molecule has 1 heterocycles. The quantitative estimate of drug-likeness (QED) is 0.755. The molecule has 1 unspecified atom stereocenters. The number of anilines is 1. The number of benzene rings is 1. The molecular weight excluding hydrogens is 332 g/mol. The van der Waals surface area contributed by atoms with E-state index in [9.17, 15) is 13.2 Å². The van der Waals surface area contributed by atoms with Gasteiger partial charge in [0.15, 0.2) is 0 Å². The zero-order chi connectivity index (χ0) is 17.6. The Morgan fingerprint density at radius 2 is 2.04 bits per heavy atom. The van der Waals surface area contributed by atoms with Crippen LogP contribution < -0.4 is 14.4 Å². The molecule has 2 rings (SSSR count). The van der Waals surface area contributed by atoms with Gasteiger partial charge < -0.3 is 14.4 Å². The van der Waals surface area contributed by atoms with Crippen molar-refractivity contribution in [2.45, 2.75) is 25.9 Å². The third-order valence-electron chi connectivity index (χ3n) is 3.81. The summed E-state index contributed by atoms with van der Waals surface area (Å²) in [5.74, 6) is 0.669. The van der Waals surface area contributed by atoms with Crippen molar-refractivity contribution < 1.29 is 22.7 Å². The van der Waals surface area contributed by atoms with Gasteiger partial charge >= 0.3 is 0 Å². The minimum atomic E-state index is -3.30. The molecule has 0 bridgehead atoms. The van der Waals surface area contributed by atoms with Crippen LogP contribution in [0.25, 0.3) is 0 Å². The molecule has 1 saturated heterocycles. The number of carbonyl (C=O) groups excluding carboxylic acids is 1. The van der Waals surface area contributed by atoms with E-state index in [0.717, 1.165) is 12.1 Å². The zero-order valence-corrected chi connectivity index (χ0v) is 14.8. The van der Waals surface area contributed by atoms with Crippen LogP contribution in [0, 0.1) is 0 Å². The van der Waals surface area contributed by atoms with Crippen molar-refractivity contribution in [3.63, 3.8) is 0 Å². The number of carbonyl (C=O) groups is 1. The molecular formula is C16H24N2O5S. The molecule has 7 nitrogen and oxygen atoms in total. The van der Waals surface area contributed by atoms with Crippen LogP contribution in [0.15, 0.2) is 24.3 Å². The van der Waals surface area contributed by atoms with Gasteiger partial charge in [0.25, 0.3) is 5.91 Å². The lowest BCUT2D eigenvalue weighted by atomic mass is 10.2. The Hall–Kier alpha value is -1.64. The summed E-state index contributed by atoms with van der Waals surface area (Å²) in [5, 5.41) is 0. The summed E-state index contributed by atoms with van der Waals surface area (Å²) in [5.41, 5.74) is 0.739. The molecule has 134 valence electrons. The summed E-state index contributed by atoms with van der Waals surface area (Å²) < 4.78 is 36.8. The van der Waals surface area contributed by atoms with Crippen molar-refractivity contribution in [2.24, 2.45) is 0 Å². The molecule has 24 heavy (non-hydrogen) atoms. The van der Waals surface area contributed by atoms with E-state index in [4.69, 9.17) is 9.47 Å². The Bertz CT molecular complexity index is 645. The number of sulfonamides is 1. The number of nitrogens with zero attached hydrogens (tertiary/aromatic N) is 1. The van der Waals surface area contributed by atoms with Gasteiger partial charge in [-0.3, -0.25) is 4.79 Å². The third kappa shape index (κ3) is 5.19. The van der Waals surface area contributed by atoms with Gasteiger partial charge in [0.1, 0.15) is 12.4 Å². The number of hydrogen-bond acceptors (Lipinski definition) is 5. The topological polar surface area (TPSA) is 84.9 Å². The molecule has 1 aromatic carbocycles. The summed E-state index contributed by atoms with van der Waals surface area (Å²) >= 11 is 0. The maximum Gasteiger partial charge on any atom is 0.253 e. The Labute approximate surface area is 143 Å². The number of amides is 1. The number of rotatable bonds is 8. The summed E-state index contributed by atoms with van der Waals surface area (Å²) in [6, 6.07) is 7.15. The molecule has 1 N–H and O–H groups in total. The second-order valence-corrected chi connectivity index (χ2v) is 7.58. The van der Waals surface area contributed by atoms with Gasteiger partial charge in [-0.15, -0.1) is 0 Å². The first-order chi connectivity index (χ1) is 11.4. The van der Waals surface area contributed by atoms with Crippen LogP contribution in [0.3, 0.4) is 0 Å². The summed E-state index contributed by atoms with van der Waals surface area (Å²) in [6.07, 6.45) is 1.07. The SMILES string of the molecule is CCCCS(=O)(=O)NCC1CN(c2ccc(OC)cc2)C(=O)CO1. The Morgan fingerprint density at radius 1 is 1.33 bits per heavy atom. The number of methoxy groups -OCH3 is 1. The molecule has 1 aliphatic heterocycles. The van der Waals surface area contributed by atoms with Crippen LogP contribution >= 0.6 is 0 Å². The molecule has 8 heteroatoms. The first-order valence-electron chi connectivity index (χ1n) is 7.98. The fraction of sp³-hybridized carbons (Fsp3) is 0.562. The van der Waals surface area contributed by atoms with Crippen LogP contribution in [-0.4, -0.2) is 53.0 Å². The monoisotopic (exact) mass is 356 g/mol. The molecule has 1 fully saturated rings. The van der Waals surface area contributed by atoms with Gasteiger partial charge in [-0.25, -0.2) is 13.1 Å². The minimum Gasteiger partial charge on any atom is -0.497 e. The lowest BCUT2D eigenvalue weighted by molar-refractivity contribution is -0.129. The summed E-state index contributed by atoms with van der Waals surface area (Å²) in [4.78, 5) is 13.7. The second kappa shape index (κ2) is 8.46. The molecule has 0 aromatic heterocycles. The summed E-state index contributed by atoms with van der Waals surface area (Å²) in [7, 11) is -1.72. The molecule has 1 amide bonds. The molecule has 1 aromatic rings. The van der Waals surface area contributed by atoms with Crippen molar-refractivity contribution in [1.29, 1.82) is 0 Å². The van der Waals surface area contributed by atoms with Crippen LogP contribution in [0.5, 0.6) is 5.75 Å². The first kappa shape index (κ1) is 18.7. The van der Waals surface area contributed by atoms with Crippen molar-refractivity contribution in [1.82, 2.24) is 4.72 Å². The number of hydrogen-bond donors (Lipinski definition) is 1. The predicted octanol–water partition coefficient (Wildman–Crippen LogP) is 1.15. The van der Waals surface area contributed by atoms with Crippen molar-refractivity contribution in [3.05, 3.63) is 24.3 Å². The maximum atomic E-state index is 12.1. The highest BCUT2D eigenvalue weighted by Gasteiger charge is 2.28. The van der Waals surface area contributed by atoms with Gasteiger partial charge in [-0.05, 0) is 30.7 Å². The highest BCUT2D eigenvalue weighted by molar-refractivity contribution is 7.89. The molecule has 0 spiro atoms. The molecule has 0 radical (unpaired) electrons. The van der Waals surface area contributed by atoms with Crippen LogP contribution in [0.4, 0.5) is 5.69 Å². The zero-order valence-electron chi connectivity index (χ0n) is 14.0. The second-order valence-electron chi connectivity index (χ2n) is 5.66. The van der Waals surface area contributed by atoms with E-state index >= 15 is 0 Å². The minimum absolute atomic E-state index is 0.0621. The average molecular weight is 356 g/mol. The fourth-order valence-electron chi connectivity index (χ4n) is 2.39. The van der Waals surface area contributed by atoms with Crippen LogP contribution in [0.2, 0.25) is 0 Å². The van der Waals surface area contributed by atoms with E-state index in [1.165, 1.54) is 0 Å². The highest BCUT2D eigenvalue weighted by atomic mass is 32.2. The van der Waals surface area contributed by atoms with Crippen molar-refractivity contribution in [3.8, 4) is 5.75 Å². The van der Waals surface area contributed by atoms with Gasteiger partial charge in [0.05, 0.1) is 25.5 Å². The van der Waals surface area contributed by atoms with E-state index in [2.05, 4.69) is 4.72 Å². The van der Waals surface area contributed by atoms with Gasteiger partial charge in [-0.2, -0.15) is 0 Å². The third-order valence-corrected chi connectivity index (χ3v) is 5.24. The van der Waals surface area contributed by atoms with E-state index in [1.54, 1.807) is 36.3 Å². The van der Waals surface area contributed by atoms with E-state index in [-0.39, 0.29) is 30.9 Å². The van der Waals surface area contributed by atoms with Crippen LogP contribution in [-0.2, 0) is 19.6 Å². The van der Waals surface area contributed by atoms with E-state index < -0.39 is 10.0 Å². The normalized spacial score (nSPS) is 18.7. The number of nitrogens with one attached hydrogen (secondary N) is 1. The Kier molecular flexibility index (Phi) is 6.59. The van der Waals surface area contributed by atoms with Crippen molar-refractivity contribution >= 4 is 21.6 Å². The average Bonchev–Trinajstić information content (AvgIpc) is 2.59. The van der Waals surface area contributed by atoms with Gasteiger partial charge in [0.2, 0.25) is 10.0 Å². The first-order valence-corrected chi connectivity index (χ1v) is 9.63. The lowest BCUT2D eigenvalue weighted by Crippen LogP contribution is -2.50. The lowest BCUT2D eigenvalue weighted by Gasteiger charge is -2.32. The molecule has 1 atom stereocenters. The van der Waals surface area contributed by atoms with Gasteiger partial charge in [0, 0.05) is 12.2 Å². The van der Waals surface area contributed by atoms with E-state index in [0.29, 0.717) is 18.7 Å². The molecule has 1 aliphatic rings. The fourth-order valence-corrected chi connectivity index (χ4v) is 3.64. The Morgan fingerprint density at radius 3 is 2.67 bits per heavy atom. The smallest absolute Gasteiger partial charge is 0.253 e. The number of morpholine rings is 1. The summed E-state index contributed by atoms with van der Waals surface area (Å²) in [6.45, 7) is 2.35. The number of unbranched alkanes of at least 4 members (excludes halogenated alkanes) is 1. The highest BCUT2D eigenvalue weighted by Crippen LogP contribution is 2.22. The predicted molar refractivity (Wildman–Crippen MR) is 91.8 cm³/mol. The van der Waals surface area contributed by atoms with Crippen LogP contribution in [0.1, 0.15) is 19.8 Å². The van der Waals surface area contributed by atoms with Crippen molar-refractivity contribution in [2.75, 3.05) is 37.5 Å². The Balaban J connectivity index is 1.96. The van der Waals surface area contributed by atoms with Gasteiger partial charge in [-0.1, -0.05) is 13.3 Å². The maximum absolute atomic E-state index is 12.1.